The van der Waals surface area contributed by atoms with Crippen molar-refractivity contribution in [3.05, 3.63) is 0 Å². The average molecular weight is 212 g/mol. The van der Waals surface area contributed by atoms with Crippen molar-refractivity contribution in [1.82, 2.24) is 10.2 Å². The van der Waals surface area contributed by atoms with Crippen LogP contribution in [-0.2, 0) is 4.79 Å². The van der Waals surface area contributed by atoms with Crippen molar-refractivity contribution in [2.45, 2.75) is 38.5 Å². The Kier molecular flexibility index (Phi) is 7.48. The first-order valence-electron chi connectivity index (χ1n) is 6.30. The van der Waals surface area contributed by atoms with Crippen LogP contribution in [-0.4, -0.2) is 43.9 Å². The molecule has 1 saturated heterocycles. The Bertz CT molecular complexity index is 156. The van der Waals surface area contributed by atoms with Gasteiger partial charge in [0.05, 0.1) is 0 Å². The first-order chi connectivity index (χ1) is 7.43. The summed E-state index contributed by atoms with van der Waals surface area (Å²) in [6.07, 6.45) is 8.01. The standard InChI is InChI=1S/C12H24N2O/c15-12-6-4-2-1-3-5-9-14-10-7-13-8-11-14/h12-13H,1-11H2. The molecule has 1 rings (SSSR count). The number of unbranched alkanes of at least 4 members (excludes halogenated alkanes) is 5. The number of carbonyl (C=O) groups excluding carboxylic acids is 1. The minimum atomic E-state index is 0.748. The van der Waals surface area contributed by atoms with E-state index in [0.717, 1.165) is 32.2 Å². The molecular formula is C12H24N2O. The fourth-order valence-corrected chi connectivity index (χ4v) is 2.03. The van der Waals surface area contributed by atoms with Crippen molar-refractivity contribution < 1.29 is 4.79 Å². The van der Waals surface area contributed by atoms with E-state index in [1.165, 1.54) is 45.3 Å². The zero-order chi connectivity index (χ0) is 10.8. The summed E-state index contributed by atoms with van der Waals surface area (Å²) in [7, 11) is 0. The lowest BCUT2D eigenvalue weighted by molar-refractivity contribution is -0.107. The van der Waals surface area contributed by atoms with Crippen molar-refractivity contribution in [2.24, 2.45) is 0 Å². The lowest BCUT2D eigenvalue weighted by Crippen LogP contribution is -2.43. The molecule has 0 aromatic heterocycles. The molecule has 15 heavy (non-hydrogen) atoms. The van der Waals surface area contributed by atoms with E-state index in [1.54, 1.807) is 0 Å². The van der Waals surface area contributed by atoms with Gasteiger partial charge in [0.25, 0.3) is 0 Å². The average Bonchev–Trinajstić information content (AvgIpc) is 2.29. The van der Waals surface area contributed by atoms with Gasteiger partial charge in [-0.2, -0.15) is 0 Å². The molecule has 0 unspecified atom stereocenters. The predicted molar refractivity (Wildman–Crippen MR) is 63.1 cm³/mol. The summed E-state index contributed by atoms with van der Waals surface area (Å²) in [6, 6.07) is 0. The molecule has 0 aromatic carbocycles. The van der Waals surface area contributed by atoms with E-state index in [2.05, 4.69) is 10.2 Å². The molecule has 1 N–H and O–H groups in total. The molecule has 88 valence electrons. The molecule has 0 bridgehead atoms. The number of nitrogens with zero attached hydrogens (tertiary/aromatic N) is 1. The monoisotopic (exact) mass is 212 g/mol. The van der Waals surface area contributed by atoms with E-state index in [4.69, 9.17) is 0 Å². The second-order valence-electron chi connectivity index (χ2n) is 4.31. The molecule has 0 amide bonds. The van der Waals surface area contributed by atoms with Crippen LogP contribution in [0, 0.1) is 0 Å². The van der Waals surface area contributed by atoms with Gasteiger partial charge in [-0.15, -0.1) is 0 Å². The lowest BCUT2D eigenvalue weighted by Gasteiger charge is -2.26. The molecule has 0 aliphatic carbocycles. The minimum absolute atomic E-state index is 0.748. The highest BCUT2D eigenvalue weighted by molar-refractivity contribution is 5.48. The van der Waals surface area contributed by atoms with Gasteiger partial charge < -0.3 is 15.0 Å². The number of hydrogen-bond donors (Lipinski definition) is 1. The normalized spacial score (nSPS) is 17.9. The molecule has 0 saturated carbocycles. The highest BCUT2D eigenvalue weighted by Crippen LogP contribution is 2.05. The first-order valence-corrected chi connectivity index (χ1v) is 6.30. The SMILES string of the molecule is O=CCCCCCCCN1CCNCC1. The fourth-order valence-electron chi connectivity index (χ4n) is 2.03. The zero-order valence-electron chi connectivity index (χ0n) is 9.71. The predicted octanol–water partition coefficient (Wildman–Crippen LogP) is 1.43. The lowest BCUT2D eigenvalue weighted by atomic mass is 10.1. The summed E-state index contributed by atoms with van der Waals surface area (Å²) >= 11 is 0. The van der Waals surface area contributed by atoms with Gasteiger partial charge in [-0.1, -0.05) is 19.3 Å². The summed E-state index contributed by atoms with van der Waals surface area (Å²) in [4.78, 5) is 12.6. The highest BCUT2D eigenvalue weighted by atomic mass is 16.1. The highest BCUT2D eigenvalue weighted by Gasteiger charge is 2.07. The molecule has 1 aliphatic rings. The Morgan fingerprint density at radius 2 is 1.67 bits per heavy atom. The van der Waals surface area contributed by atoms with Gasteiger partial charge in [-0.25, -0.2) is 0 Å². The topological polar surface area (TPSA) is 32.3 Å². The number of aldehydes is 1. The summed E-state index contributed by atoms with van der Waals surface area (Å²) in [6.45, 7) is 5.99. The van der Waals surface area contributed by atoms with Crippen LogP contribution < -0.4 is 5.32 Å². The summed E-state index contributed by atoms with van der Waals surface area (Å²) in [5.41, 5.74) is 0. The number of carbonyl (C=O) groups is 1. The quantitative estimate of drug-likeness (QED) is 0.488. The number of nitrogens with one attached hydrogen (secondary N) is 1. The van der Waals surface area contributed by atoms with Crippen LogP contribution in [0.4, 0.5) is 0 Å². The van der Waals surface area contributed by atoms with Gasteiger partial charge >= 0.3 is 0 Å². The summed E-state index contributed by atoms with van der Waals surface area (Å²) < 4.78 is 0. The maximum absolute atomic E-state index is 10.1. The summed E-state index contributed by atoms with van der Waals surface area (Å²) in [5.74, 6) is 0. The number of hydrogen-bond acceptors (Lipinski definition) is 3. The second kappa shape index (κ2) is 8.86. The van der Waals surface area contributed by atoms with E-state index < -0.39 is 0 Å². The van der Waals surface area contributed by atoms with Crippen molar-refractivity contribution in [3.63, 3.8) is 0 Å². The maximum atomic E-state index is 10.1. The van der Waals surface area contributed by atoms with Crippen molar-refractivity contribution in [1.29, 1.82) is 0 Å². The molecule has 0 spiro atoms. The van der Waals surface area contributed by atoms with Gasteiger partial charge in [0.2, 0.25) is 0 Å². The third-order valence-corrected chi connectivity index (χ3v) is 3.01. The van der Waals surface area contributed by atoms with Crippen LogP contribution in [0.25, 0.3) is 0 Å². The van der Waals surface area contributed by atoms with E-state index >= 15 is 0 Å². The first kappa shape index (κ1) is 12.7. The van der Waals surface area contributed by atoms with E-state index in [9.17, 15) is 4.79 Å². The molecule has 0 atom stereocenters. The zero-order valence-corrected chi connectivity index (χ0v) is 9.71. The van der Waals surface area contributed by atoms with Gasteiger partial charge in [0.15, 0.2) is 0 Å². The minimum Gasteiger partial charge on any atom is -0.314 e. The molecule has 3 heteroatoms. The third kappa shape index (κ3) is 6.63. The van der Waals surface area contributed by atoms with Crippen LogP contribution in [0.5, 0.6) is 0 Å². The van der Waals surface area contributed by atoms with Gasteiger partial charge in [-0.3, -0.25) is 0 Å². The Morgan fingerprint density at radius 1 is 1.00 bits per heavy atom. The Balaban J connectivity index is 1.81. The molecule has 1 aliphatic heterocycles. The van der Waals surface area contributed by atoms with Crippen LogP contribution in [0.1, 0.15) is 38.5 Å². The Morgan fingerprint density at radius 3 is 2.40 bits per heavy atom. The third-order valence-electron chi connectivity index (χ3n) is 3.01. The molecular weight excluding hydrogens is 188 g/mol. The Hall–Kier alpha value is -0.410. The van der Waals surface area contributed by atoms with Crippen molar-refractivity contribution >= 4 is 6.29 Å². The molecule has 1 heterocycles. The number of rotatable bonds is 8. The fraction of sp³-hybridized carbons (Fsp3) is 0.917. The molecule has 1 fully saturated rings. The van der Waals surface area contributed by atoms with Crippen LogP contribution in [0.15, 0.2) is 0 Å². The van der Waals surface area contributed by atoms with Crippen LogP contribution >= 0.6 is 0 Å². The maximum Gasteiger partial charge on any atom is 0.119 e. The molecule has 0 radical (unpaired) electrons. The van der Waals surface area contributed by atoms with Crippen molar-refractivity contribution in [2.75, 3.05) is 32.7 Å². The smallest absolute Gasteiger partial charge is 0.119 e. The van der Waals surface area contributed by atoms with Crippen LogP contribution in [0.3, 0.4) is 0 Å². The van der Waals surface area contributed by atoms with Crippen LogP contribution in [0.2, 0.25) is 0 Å². The van der Waals surface area contributed by atoms with Gasteiger partial charge in [0, 0.05) is 32.6 Å². The summed E-state index contributed by atoms with van der Waals surface area (Å²) in [5, 5.41) is 3.36. The molecule has 3 nitrogen and oxygen atoms in total. The number of piperazine rings is 1. The van der Waals surface area contributed by atoms with E-state index in [-0.39, 0.29) is 0 Å². The van der Waals surface area contributed by atoms with Gasteiger partial charge in [-0.05, 0) is 19.4 Å². The van der Waals surface area contributed by atoms with Gasteiger partial charge in [0.1, 0.15) is 6.29 Å². The Labute approximate surface area is 93.2 Å². The molecule has 0 aromatic rings. The van der Waals surface area contributed by atoms with E-state index in [0.29, 0.717) is 0 Å². The van der Waals surface area contributed by atoms with E-state index in [1.807, 2.05) is 0 Å². The largest absolute Gasteiger partial charge is 0.314 e. The second-order valence-corrected chi connectivity index (χ2v) is 4.31. The van der Waals surface area contributed by atoms with Crippen molar-refractivity contribution in [3.8, 4) is 0 Å².